The molecule has 0 aromatic heterocycles. The first-order valence-electron chi connectivity index (χ1n) is 12.5. The lowest BCUT2D eigenvalue weighted by atomic mass is 10.0. The highest BCUT2D eigenvalue weighted by Gasteiger charge is 2.23. The molecular formula is C29H40O3. The van der Waals surface area contributed by atoms with Crippen LogP contribution in [0, 0.1) is 5.92 Å². The Bertz CT molecular complexity index is 758. The minimum Gasteiger partial charge on any atom is -0.494 e. The number of rotatable bonds is 14. The molecule has 174 valence electrons. The molecule has 3 nitrogen and oxygen atoms in total. The summed E-state index contributed by atoms with van der Waals surface area (Å²) in [5.41, 5.74) is 3.47. The summed E-state index contributed by atoms with van der Waals surface area (Å²) in [6.45, 7) is 8.38. The molecule has 32 heavy (non-hydrogen) atoms. The fourth-order valence-electron chi connectivity index (χ4n) is 4.10. The van der Waals surface area contributed by atoms with Gasteiger partial charge in [0.2, 0.25) is 0 Å². The highest BCUT2D eigenvalue weighted by Crippen LogP contribution is 2.29. The number of hydrogen-bond acceptors (Lipinski definition) is 3. The van der Waals surface area contributed by atoms with Crippen molar-refractivity contribution < 1.29 is 14.2 Å². The summed E-state index contributed by atoms with van der Waals surface area (Å²) in [5.74, 6) is 1.46. The number of benzene rings is 2. The monoisotopic (exact) mass is 436 g/mol. The van der Waals surface area contributed by atoms with Crippen LogP contribution in [0.3, 0.4) is 0 Å². The standard InChI is InChI=1S/C29H40O3/c1-3-5-7-9-10-12-24-22-31-29(32-23-24)27-15-13-25(14-16-27)26-17-19-28(20-18-26)30-21-11-8-6-4-2/h3,13-20,24,29H,1,4-12,21-23H2,2H3/t24-,29-. The van der Waals surface area contributed by atoms with Crippen LogP contribution in [-0.4, -0.2) is 19.8 Å². The Morgan fingerprint density at radius 1 is 0.844 bits per heavy atom. The summed E-state index contributed by atoms with van der Waals surface area (Å²) >= 11 is 0. The zero-order chi connectivity index (χ0) is 22.4. The van der Waals surface area contributed by atoms with Gasteiger partial charge in [-0.1, -0.05) is 81.5 Å². The summed E-state index contributed by atoms with van der Waals surface area (Å²) in [6.07, 6.45) is 12.7. The molecule has 3 heteroatoms. The van der Waals surface area contributed by atoms with Gasteiger partial charge >= 0.3 is 0 Å². The zero-order valence-corrected chi connectivity index (χ0v) is 19.8. The van der Waals surface area contributed by atoms with E-state index in [1.807, 2.05) is 6.08 Å². The molecule has 0 aliphatic carbocycles. The number of hydrogen-bond donors (Lipinski definition) is 0. The van der Waals surface area contributed by atoms with Gasteiger partial charge in [-0.05, 0) is 48.9 Å². The van der Waals surface area contributed by atoms with E-state index in [1.165, 1.54) is 56.1 Å². The summed E-state index contributed by atoms with van der Waals surface area (Å²) in [6, 6.07) is 16.9. The average Bonchev–Trinajstić information content (AvgIpc) is 2.85. The summed E-state index contributed by atoms with van der Waals surface area (Å²) in [5, 5.41) is 0. The fraction of sp³-hybridized carbons (Fsp3) is 0.517. The van der Waals surface area contributed by atoms with Crippen LogP contribution in [-0.2, 0) is 9.47 Å². The molecule has 0 spiro atoms. The van der Waals surface area contributed by atoms with Crippen molar-refractivity contribution in [3.8, 4) is 16.9 Å². The normalized spacial score (nSPS) is 18.4. The first-order chi connectivity index (χ1) is 15.8. The van der Waals surface area contributed by atoms with Crippen molar-refractivity contribution in [1.82, 2.24) is 0 Å². The number of unbranched alkanes of at least 4 members (excludes halogenated alkanes) is 6. The quantitative estimate of drug-likeness (QED) is 0.221. The second kappa shape index (κ2) is 14.1. The van der Waals surface area contributed by atoms with Crippen molar-refractivity contribution in [1.29, 1.82) is 0 Å². The van der Waals surface area contributed by atoms with Gasteiger partial charge in [0.15, 0.2) is 6.29 Å². The molecule has 1 heterocycles. The second-order valence-electron chi connectivity index (χ2n) is 8.85. The van der Waals surface area contributed by atoms with E-state index >= 15 is 0 Å². The Hall–Kier alpha value is -2.10. The molecule has 1 fully saturated rings. The van der Waals surface area contributed by atoms with E-state index in [0.29, 0.717) is 5.92 Å². The first-order valence-corrected chi connectivity index (χ1v) is 12.5. The van der Waals surface area contributed by atoms with Crippen LogP contribution in [0.25, 0.3) is 11.1 Å². The van der Waals surface area contributed by atoms with E-state index in [9.17, 15) is 0 Å². The van der Waals surface area contributed by atoms with Gasteiger partial charge in [0.1, 0.15) is 5.75 Å². The molecule has 0 bridgehead atoms. The Morgan fingerprint density at radius 2 is 1.50 bits per heavy atom. The number of allylic oxidation sites excluding steroid dienone is 1. The van der Waals surface area contributed by atoms with Gasteiger partial charge in [-0.15, -0.1) is 6.58 Å². The molecule has 0 amide bonds. The highest BCUT2D eigenvalue weighted by molar-refractivity contribution is 5.64. The fourth-order valence-corrected chi connectivity index (χ4v) is 4.10. The van der Waals surface area contributed by atoms with Crippen LogP contribution >= 0.6 is 0 Å². The van der Waals surface area contributed by atoms with E-state index in [2.05, 4.69) is 62.0 Å². The maximum absolute atomic E-state index is 6.02. The van der Waals surface area contributed by atoms with Gasteiger partial charge in [-0.3, -0.25) is 0 Å². The molecule has 0 radical (unpaired) electrons. The first kappa shape index (κ1) is 24.5. The second-order valence-corrected chi connectivity index (χ2v) is 8.85. The third kappa shape index (κ3) is 8.11. The molecule has 2 aromatic carbocycles. The predicted molar refractivity (Wildman–Crippen MR) is 133 cm³/mol. The highest BCUT2D eigenvalue weighted by atomic mass is 16.7. The van der Waals surface area contributed by atoms with E-state index in [4.69, 9.17) is 14.2 Å². The van der Waals surface area contributed by atoms with Crippen molar-refractivity contribution in [2.24, 2.45) is 5.92 Å². The SMILES string of the molecule is C=CCCCCC[C@H]1CO[C@H](c2ccc(-c3ccc(OCCCCCC)cc3)cc2)OC1. The maximum Gasteiger partial charge on any atom is 0.183 e. The maximum atomic E-state index is 6.02. The molecule has 2 aromatic rings. The van der Waals surface area contributed by atoms with E-state index in [1.54, 1.807) is 0 Å². The van der Waals surface area contributed by atoms with Crippen LogP contribution in [0.2, 0.25) is 0 Å². The van der Waals surface area contributed by atoms with Gasteiger partial charge in [0.25, 0.3) is 0 Å². The van der Waals surface area contributed by atoms with Gasteiger partial charge < -0.3 is 14.2 Å². The van der Waals surface area contributed by atoms with Gasteiger partial charge in [-0.25, -0.2) is 0 Å². The lowest BCUT2D eigenvalue weighted by molar-refractivity contribution is -0.206. The Morgan fingerprint density at radius 3 is 2.16 bits per heavy atom. The van der Waals surface area contributed by atoms with Crippen LogP contribution in [0.4, 0.5) is 0 Å². The van der Waals surface area contributed by atoms with Crippen molar-refractivity contribution in [2.75, 3.05) is 19.8 Å². The van der Waals surface area contributed by atoms with Crippen LogP contribution in [0.15, 0.2) is 61.2 Å². The van der Waals surface area contributed by atoms with Crippen molar-refractivity contribution in [3.63, 3.8) is 0 Å². The summed E-state index contributed by atoms with van der Waals surface area (Å²) < 4.78 is 17.9. The molecule has 0 saturated carbocycles. The van der Waals surface area contributed by atoms with E-state index in [0.717, 1.165) is 44.0 Å². The summed E-state index contributed by atoms with van der Waals surface area (Å²) in [4.78, 5) is 0. The molecule has 0 atom stereocenters. The van der Waals surface area contributed by atoms with Gasteiger partial charge in [0.05, 0.1) is 19.8 Å². The van der Waals surface area contributed by atoms with Crippen LogP contribution < -0.4 is 4.74 Å². The average molecular weight is 437 g/mol. The lowest BCUT2D eigenvalue weighted by Gasteiger charge is -2.29. The molecule has 1 saturated heterocycles. The Kier molecular flexibility index (Phi) is 10.8. The number of ether oxygens (including phenoxy) is 3. The van der Waals surface area contributed by atoms with Crippen molar-refractivity contribution in [2.45, 2.75) is 71.0 Å². The molecule has 0 unspecified atom stereocenters. The van der Waals surface area contributed by atoms with Gasteiger partial charge in [0, 0.05) is 11.5 Å². The van der Waals surface area contributed by atoms with Crippen LogP contribution in [0.5, 0.6) is 5.75 Å². The molecular weight excluding hydrogens is 396 g/mol. The van der Waals surface area contributed by atoms with E-state index in [-0.39, 0.29) is 6.29 Å². The largest absolute Gasteiger partial charge is 0.494 e. The predicted octanol–water partition coefficient (Wildman–Crippen LogP) is 8.11. The lowest BCUT2D eigenvalue weighted by Crippen LogP contribution is -2.27. The van der Waals surface area contributed by atoms with E-state index < -0.39 is 0 Å². The molecule has 3 rings (SSSR count). The topological polar surface area (TPSA) is 27.7 Å². The molecule has 0 N–H and O–H groups in total. The minimum absolute atomic E-state index is 0.246. The van der Waals surface area contributed by atoms with Crippen molar-refractivity contribution in [3.05, 3.63) is 66.7 Å². The Labute approximate surface area is 194 Å². The third-order valence-electron chi connectivity index (χ3n) is 6.12. The Balaban J connectivity index is 1.41. The smallest absolute Gasteiger partial charge is 0.183 e. The minimum atomic E-state index is -0.246. The zero-order valence-electron chi connectivity index (χ0n) is 19.8. The molecule has 1 aliphatic rings. The van der Waals surface area contributed by atoms with Gasteiger partial charge in [-0.2, -0.15) is 0 Å². The third-order valence-corrected chi connectivity index (χ3v) is 6.12. The molecule has 1 aliphatic heterocycles. The van der Waals surface area contributed by atoms with Crippen LogP contribution in [0.1, 0.15) is 76.6 Å². The van der Waals surface area contributed by atoms with Crippen molar-refractivity contribution >= 4 is 0 Å². The summed E-state index contributed by atoms with van der Waals surface area (Å²) in [7, 11) is 0.